The molecule has 0 heterocycles. The van der Waals surface area contributed by atoms with Crippen LogP contribution in [-0.4, -0.2) is 76.4 Å². The van der Waals surface area contributed by atoms with Gasteiger partial charge in [-0.3, -0.25) is 14.4 Å². The molecule has 4 atom stereocenters. The number of benzene rings is 1. The second kappa shape index (κ2) is 12.8. The van der Waals surface area contributed by atoms with E-state index in [9.17, 15) is 29.4 Å². The number of nitrogens with one attached hydrogen (secondary N) is 2. The van der Waals surface area contributed by atoms with Gasteiger partial charge >= 0.3 is 12.1 Å². The fourth-order valence-electron chi connectivity index (χ4n) is 3.89. The van der Waals surface area contributed by atoms with Crippen molar-refractivity contribution in [2.75, 3.05) is 19.8 Å². The molecule has 1 aliphatic carbocycles. The Labute approximate surface area is 217 Å². The van der Waals surface area contributed by atoms with Crippen LogP contribution in [0.25, 0.3) is 0 Å². The number of hydrogen-bond donors (Lipinski definition) is 4. The van der Waals surface area contributed by atoms with Gasteiger partial charge in [-0.05, 0) is 70.2 Å². The highest BCUT2D eigenvalue weighted by atomic mass is 16.6. The maximum atomic E-state index is 13.7. The van der Waals surface area contributed by atoms with Crippen LogP contribution in [0.2, 0.25) is 0 Å². The number of aliphatic hydroxyl groups excluding tert-OH is 1. The number of phenols is 1. The van der Waals surface area contributed by atoms with Crippen molar-refractivity contribution < 1.29 is 38.9 Å². The quantitative estimate of drug-likeness (QED) is 0.322. The molecule has 0 aliphatic heterocycles. The van der Waals surface area contributed by atoms with E-state index in [-0.39, 0.29) is 37.3 Å². The number of ether oxygens (including phenoxy) is 2. The zero-order chi connectivity index (χ0) is 27.9. The first kappa shape index (κ1) is 29.9. The lowest BCUT2D eigenvalue weighted by molar-refractivity contribution is -0.145. The number of esters is 1. The number of phenolic OH excluding ortho intramolecular Hbond substituents is 1. The van der Waals surface area contributed by atoms with Gasteiger partial charge in [0, 0.05) is 12.6 Å². The van der Waals surface area contributed by atoms with Crippen molar-refractivity contribution in [1.82, 2.24) is 15.5 Å². The molecule has 1 aromatic rings. The Morgan fingerprint density at radius 2 is 1.86 bits per heavy atom. The molecule has 37 heavy (non-hydrogen) atoms. The molecule has 4 N–H and O–H groups in total. The van der Waals surface area contributed by atoms with Crippen molar-refractivity contribution >= 4 is 23.9 Å². The van der Waals surface area contributed by atoms with E-state index >= 15 is 0 Å². The van der Waals surface area contributed by atoms with E-state index in [1.54, 1.807) is 46.8 Å². The molecule has 0 aromatic heterocycles. The van der Waals surface area contributed by atoms with Crippen LogP contribution in [0.3, 0.4) is 0 Å². The maximum absolute atomic E-state index is 13.7. The minimum absolute atomic E-state index is 0.00687. The number of amides is 3. The summed E-state index contributed by atoms with van der Waals surface area (Å²) in [7, 11) is 0. The zero-order valence-electron chi connectivity index (χ0n) is 22.4. The highest BCUT2D eigenvalue weighted by molar-refractivity contribution is 5.93. The Morgan fingerprint density at radius 3 is 2.38 bits per heavy atom. The normalized spacial score (nSPS) is 18.2. The van der Waals surface area contributed by atoms with Gasteiger partial charge in [0.25, 0.3) is 0 Å². The molecule has 1 saturated carbocycles. The smallest absolute Gasteiger partial charge is 0.408 e. The molecule has 0 radical (unpaired) electrons. The number of carbonyl (C=O) groups is 4. The molecule has 11 nitrogen and oxygen atoms in total. The van der Waals surface area contributed by atoms with Gasteiger partial charge in [0.2, 0.25) is 11.8 Å². The van der Waals surface area contributed by atoms with Gasteiger partial charge in [0.05, 0.1) is 19.6 Å². The molecule has 1 fully saturated rings. The van der Waals surface area contributed by atoms with Crippen LogP contribution in [0.1, 0.15) is 64.6 Å². The lowest BCUT2D eigenvalue weighted by Gasteiger charge is -2.34. The number of aliphatic hydroxyl groups is 1. The van der Waals surface area contributed by atoms with E-state index < -0.39 is 48.2 Å². The first-order valence-corrected chi connectivity index (χ1v) is 12.4. The van der Waals surface area contributed by atoms with Crippen molar-refractivity contribution in [1.29, 1.82) is 0 Å². The molecular formula is C26H39N3O8. The lowest BCUT2D eigenvalue weighted by atomic mass is 10.00. The van der Waals surface area contributed by atoms with Gasteiger partial charge in [-0.15, -0.1) is 0 Å². The van der Waals surface area contributed by atoms with Crippen LogP contribution >= 0.6 is 0 Å². The second-order valence-corrected chi connectivity index (χ2v) is 10.2. The third-order valence-corrected chi connectivity index (χ3v) is 5.85. The number of nitrogens with zero attached hydrogens (tertiary/aromatic N) is 1. The molecule has 1 aromatic carbocycles. The number of carbonyl (C=O) groups excluding carboxylic acids is 4. The summed E-state index contributed by atoms with van der Waals surface area (Å²) in [6, 6.07) is 1.77. The van der Waals surface area contributed by atoms with E-state index in [0.717, 1.165) is 0 Å². The molecule has 0 saturated heterocycles. The minimum atomic E-state index is -1.35. The molecule has 3 amide bonds. The summed E-state index contributed by atoms with van der Waals surface area (Å²) in [5.41, 5.74) is 0.122. The van der Waals surface area contributed by atoms with Gasteiger partial charge in [0.1, 0.15) is 23.4 Å². The summed E-state index contributed by atoms with van der Waals surface area (Å²) in [5, 5.41) is 25.1. The average Bonchev–Trinajstić information content (AvgIpc) is 3.51. The first-order valence-electron chi connectivity index (χ1n) is 12.4. The Balaban J connectivity index is 2.39. The predicted octanol–water partition coefficient (Wildman–Crippen LogP) is 1.93. The van der Waals surface area contributed by atoms with Crippen molar-refractivity contribution in [3.63, 3.8) is 0 Å². The van der Waals surface area contributed by atoms with Crippen LogP contribution < -0.4 is 10.6 Å². The average molecular weight is 522 g/mol. The number of hydrogen-bond acceptors (Lipinski definition) is 8. The van der Waals surface area contributed by atoms with Crippen LogP contribution in [0.4, 0.5) is 4.79 Å². The van der Waals surface area contributed by atoms with Gasteiger partial charge in [-0.2, -0.15) is 0 Å². The largest absolute Gasteiger partial charge is 0.508 e. The highest BCUT2D eigenvalue weighted by Gasteiger charge is 2.48. The van der Waals surface area contributed by atoms with Crippen molar-refractivity contribution in [2.24, 2.45) is 5.92 Å². The molecule has 2 rings (SSSR count). The fraction of sp³-hybridized carbons (Fsp3) is 0.615. The van der Waals surface area contributed by atoms with E-state index in [0.29, 0.717) is 17.5 Å². The van der Waals surface area contributed by atoms with Crippen molar-refractivity contribution in [2.45, 2.75) is 78.1 Å². The summed E-state index contributed by atoms with van der Waals surface area (Å²) in [6.45, 7) is 9.80. The third-order valence-electron chi connectivity index (χ3n) is 5.85. The van der Waals surface area contributed by atoms with E-state index in [1.165, 1.54) is 11.0 Å². The predicted molar refractivity (Wildman–Crippen MR) is 135 cm³/mol. The van der Waals surface area contributed by atoms with Gasteiger partial charge in [-0.25, -0.2) is 4.79 Å². The molecule has 11 heteroatoms. The molecular weight excluding hydrogens is 482 g/mol. The SMILES string of the molecule is CCOC(=O)CCNC(=O)C(c1ccc(O)c(C)c1)N(C(=O)C(CO)NC(=O)OC(C)(C)C)C1CC1C. The lowest BCUT2D eigenvalue weighted by Crippen LogP contribution is -2.55. The van der Waals surface area contributed by atoms with E-state index in [4.69, 9.17) is 9.47 Å². The summed E-state index contributed by atoms with van der Waals surface area (Å²) in [5.74, 6) is -1.55. The van der Waals surface area contributed by atoms with Crippen LogP contribution in [0.15, 0.2) is 18.2 Å². The van der Waals surface area contributed by atoms with Crippen LogP contribution in [-0.2, 0) is 23.9 Å². The van der Waals surface area contributed by atoms with Crippen molar-refractivity contribution in [3.05, 3.63) is 29.3 Å². The molecule has 206 valence electrons. The Hall–Kier alpha value is -3.34. The Kier molecular flexibility index (Phi) is 10.3. The van der Waals surface area contributed by atoms with Gasteiger partial charge < -0.3 is 35.2 Å². The Bertz CT molecular complexity index is 991. The number of aryl methyl sites for hydroxylation is 1. The minimum Gasteiger partial charge on any atom is -0.508 e. The summed E-state index contributed by atoms with van der Waals surface area (Å²) < 4.78 is 10.1. The second-order valence-electron chi connectivity index (χ2n) is 10.2. The fourth-order valence-corrected chi connectivity index (χ4v) is 3.89. The number of rotatable bonds is 11. The Morgan fingerprint density at radius 1 is 1.22 bits per heavy atom. The topological polar surface area (TPSA) is 154 Å². The van der Waals surface area contributed by atoms with Crippen LogP contribution in [0, 0.1) is 12.8 Å². The summed E-state index contributed by atoms with van der Waals surface area (Å²) in [6.07, 6.45) is -0.298. The summed E-state index contributed by atoms with van der Waals surface area (Å²) in [4.78, 5) is 52.7. The van der Waals surface area contributed by atoms with Crippen LogP contribution in [0.5, 0.6) is 5.75 Å². The third kappa shape index (κ3) is 8.63. The molecule has 1 aliphatic rings. The molecule has 0 spiro atoms. The van der Waals surface area contributed by atoms with E-state index in [1.807, 2.05) is 6.92 Å². The van der Waals surface area contributed by atoms with Crippen molar-refractivity contribution in [3.8, 4) is 5.75 Å². The molecule has 0 bridgehead atoms. The van der Waals surface area contributed by atoms with Gasteiger partial charge in [0.15, 0.2) is 0 Å². The van der Waals surface area contributed by atoms with Gasteiger partial charge in [-0.1, -0.05) is 13.0 Å². The molecule has 4 unspecified atom stereocenters. The number of alkyl carbamates (subject to hydrolysis) is 1. The number of aromatic hydroxyl groups is 1. The standard InChI is InChI=1S/C26H39N3O8/c1-7-36-21(32)10-11-27-23(33)22(17-8-9-20(31)16(3)12-17)29(19-13-15(19)2)24(34)18(14-30)28-25(35)37-26(4,5)6/h8-9,12,15,18-19,22,30-31H,7,10-11,13-14H2,1-6H3,(H,27,33)(H,28,35). The highest BCUT2D eigenvalue weighted by Crippen LogP contribution is 2.41. The zero-order valence-corrected chi connectivity index (χ0v) is 22.4. The monoisotopic (exact) mass is 521 g/mol. The maximum Gasteiger partial charge on any atom is 0.408 e. The van der Waals surface area contributed by atoms with E-state index in [2.05, 4.69) is 10.6 Å². The first-order chi connectivity index (χ1) is 17.3. The summed E-state index contributed by atoms with van der Waals surface area (Å²) >= 11 is 0.